The van der Waals surface area contributed by atoms with Crippen LogP contribution in [0, 0.1) is 6.92 Å². The Bertz CT molecular complexity index is 661. The van der Waals surface area contributed by atoms with Gasteiger partial charge in [-0.05, 0) is 37.1 Å². The van der Waals surface area contributed by atoms with Gasteiger partial charge in [-0.1, -0.05) is 40.2 Å². The van der Waals surface area contributed by atoms with Crippen LogP contribution < -0.4 is 10.6 Å². The van der Waals surface area contributed by atoms with Crippen LogP contribution in [0.4, 0.5) is 0 Å². The van der Waals surface area contributed by atoms with E-state index < -0.39 is 0 Å². The summed E-state index contributed by atoms with van der Waals surface area (Å²) >= 11 is 3.58. The van der Waals surface area contributed by atoms with Crippen molar-refractivity contribution in [2.24, 2.45) is 4.99 Å². The molecule has 6 heteroatoms. The molecule has 2 N–H and O–H groups in total. The van der Waals surface area contributed by atoms with Gasteiger partial charge in [0.2, 0.25) is 0 Å². The number of halogens is 2. The lowest BCUT2D eigenvalue weighted by Crippen LogP contribution is -2.38. The van der Waals surface area contributed by atoms with E-state index in [-0.39, 0.29) is 30.0 Å². The molecule has 4 nitrogen and oxygen atoms in total. The second kappa shape index (κ2) is 9.87. The Morgan fingerprint density at radius 2 is 2.00 bits per heavy atom. The standard InChI is InChI=1S/C17H21BrN4.HI/c1-12-7-6-10-20-16(12)11-21-17(19-3)22-13(2)14-8-4-5-9-15(14)18;/h4-10,13H,11H2,1-3H3,(H2,19,21,22);1H. The minimum Gasteiger partial charge on any atom is -0.351 e. The zero-order valence-corrected chi connectivity index (χ0v) is 17.4. The Morgan fingerprint density at radius 1 is 1.26 bits per heavy atom. The summed E-state index contributed by atoms with van der Waals surface area (Å²) in [6.45, 7) is 4.82. The van der Waals surface area contributed by atoms with Crippen LogP contribution in [0.5, 0.6) is 0 Å². The van der Waals surface area contributed by atoms with Crippen LogP contribution >= 0.6 is 39.9 Å². The molecule has 2 aromatic rings. The largest absolute Gasteiger partial charge is 0.351 e. The quantitative estimate of drug-likeness (QED) is 0.385. The number of nitrogens with zero attached hydrogens (tertiary/aromatic N) is 2. The third-order valence-electron chi connectivity index (χ3n) is 3.49. The minimum atomic E-state index is 0. The number of hydrogen-bond donors (Lipinski definition) is 2. The van der Waals surface area contributed by atoms with Gasteiger partial charge in [0.25, 0.3) is 0 Å². The Kier molecular flexibility index (Phi) is 8.54. The topological polar surface area (TPSA) is 49.3 Å². The van der Waals surface area contributed by atoms with Crippen LogP contribution in [0.2, 0.25) is 0 Å². The van der Waals surface area contributed by atoms with Crippen molar-refractivity contribution < 1.29 is 0 Å². The monoisotopic (exact) mass is 488 g/mol. The van der Waals surface area contributed by atoms with Gasteiger partial charge in [-0.2, -0.15) is 0 Å². The molecular formula is C17H22BrIN4. The molecule has 1 aromatic carbocycles. The SMILES string of the molecule is CN=C(NCc1ncccc1C)NC(C)c1ccccc1Br.I. The van der Waals surface area contributed by atoms with Crippen LogP contribution in [0.1, 0.15) is 29.8 Å². The van der Waals surface area contributed by atoms with Gasteiger partial charge >= 0.3 is 0 Å². The molecule has 1 unspecified atom stereocenters. The van der Waals surface area contributed by atoms with Gasteiger partial charge in [0.1, 0.15) is 0 Å². The predicted octanol–water partition coefficient (Wildman–Crippen LogP) is 4.20. The number of nitrogens with one attached hydrogen (secondary N) is 2. The fraction of sp³-hybridized carbons (Fsp3) is 0.294. The summed E-state index contributed by atoms with van der Waals surface area (Å²) in [5.74, 6) is 0.758. The van der Waals surface area contributed by atoms with E-state index >= 15 is 0 Å². The number of hydrogen-bond acceptors (Lipinski definition) is 2. The van der Waals surface area contributed by atoms with Gasteiger partial charge < -0.3 is 10.6 Å². The maximum absolute atomic E-state index is 4.38. The molecule has 0 saturated carbocycles. The lowest BCUT2D eigenvalue weighted by molar-refractivity contribution is 0.679. The molecule has 124 valence electrons. The summed E-state index contributed by atoms with van der Waals surface area (Å²) in [5, 5.41) is 6.70. The third kappa shape index (κ3) is 5.76. The lowest BCUT2D eigenvalue weighted by atomic mass is 10.1. The molecule has 23 heavy (non-hydrogen) atoms. The van der Waals surface area contributed by atoms with Crippen LogP contribution in [0.25, 0.3) is 0 Å². The Labute approximate surface area is 163 Å². The highest BCUT2D eigenvalue weighted by Gasteiger charge is 2.10. The van der Waals surface area contributed by atoms with Crippen LogP contribution in [-0.4, -0.2) is 18.0 Å². The molecule has 0 spiro atoms. The summed E-state index contributed by atoms with van der Waals surface area (Å²) in [7, 11) is 1.77. The second-order valence-electron chi connectivity index (χ2n) is 5.08. The predicted molar refractivity (Wildman–Crippen MR) is 110 cm³/mol. The first-order valence-corrected chi connectivity index (χ1v) is 8.03. The Hall–Kier alpha value is -1.15. The minimum absolute atomic E-state index is 0. The van der Waals surface area contributed by atoms with Gasteiger partial charge in [-0.3, -0.25) is 9.98 Å². The fourth-order valence-corrected chi connectivity index (χ4v) is 2.80. The van der Waals surface area contributed by atoms with Gasteiger partial charge in [0.05, 0.1) is 18.3 Å². The zero-order valence-electron chi connectivity index (χ0n) is 13.5. The van der Waals surface area contributed by atoms with Gasteiger partial charge in [-0.25, -0.2) is 0 Å². The molecule has 0 amide bonds. The summed E-state index contributed by atoms with van der Waals surface area (Å²) in [4.78, 5) is 8.66. The Morgan fingerprint density at radius 3 is 2.65 bits per heavy atom. The second-order valence-corrected chi connectivity index (χ2v) is 5.93. The van der Waals surface area contributed by atoms with E-state index in [4.69, 9.17) is 0 Å². The molecule has 0 aliphatic rings. The molecular weight excluding hydrogens is 467 g/mol. The number of aromatic nitrogens is 1. The van der Waals surface area contributed by atoms with Crippen molar-refractivity contribution in [1.29, 1.82) is 0 Å². The van der Waals surface area contributed by atoms with Gasteiger partial charge in [0.15, 0.2) is 5.96 Å². The number of rotatable bonds is 4. The highest BCUT2D eigenvalue weighted by atomic mass is 127. The van der Waals surface area contributed by atoms with Crippen LogP contribution in [0.15, 0.2) is 52.1 Å². The van der Waals surface area contributed by atoms with E-state index in [2.05, 4.69) is 62.5 Å². The zero-order chi connectivity index (χ0) is 15.9. The molecule has 0 bridgehead atoms. The molecule has 0 saturated heterocycles. The highest BCUT2D eigenvalue weighted by Crippen LogP contribution is 2.22. The number of pyridine rings is 1. The van der Waals surface area contributed by atoms with Crippen molar-refractivity contribution in [3.05, 3.63) is 63.9 Å². The van der Waals surface area contributed by atoms with E-state index in [1.165, 1.54) is 11.1 Å². The summed E-state index contributed by atoms with van der Waals surface area (Å²) < 4.78 is 1.09. The highest BCUT2D eigenvalue weighted by molar-refractivity contribution is 14.0. The number of aliphatic imine (C=N–C) groups is 1. The molecule has 1 atom stereocenters. The molecule has 1 aromatic heterocycles. The molecule has 1 heterocycles. The van der Waals surface area contributed by atoms with Crippen molar-refractivity contribution in [3.8, 4) is 0 Å². The number of aryl methyl sites for hydroxylation is 1. The molecule has 0 fully saturated rings. The van der Waals surface area contributed by atoms with Crippen molar-refractivity contribution in [3.63, 3.8) is 0 Å². The van der Waals surface area contributed by atoms with Crippen LogP contribution in [-0.2, 0) is 6.54 Å². The summed E-state index contributed by atoms with van der Waals surface area (Å²) in [6, 6.07) is 12.3. The first-order chi connectivity index (χ1) is 10.6. The number of guanidine groups is 1. The Balaban J connectivity index is 0.00000264. The first kappa shape index (κ1) is 19.9. The first-order valence-electron chi connectivity index (χ1n) is 7.24. The molecule has 2 rings (SSSR count). The smallest absolute Gasteiger partial charge is 0.191 e. The van der Waals surface area contributed by atoms with Crippen LogP contribution in [0.3, 0.4) is 0 Å². The van der Waals surface area contributed by atoms with Gasteiger partial charge in [0, 0.05) is 17.7 Å². The number of benzene rings is 1. The van der Waals surface area contributed by atoms with E-state index in [0.717, 1.165) is 16.1 Å². The summed E-state index contributed by atoms with van der Waals surface area (Å²) in [6.07, 6.45) is 1.81. The fourth-order valence-electron chi connectivity index (χ4n) is 2.17. The maximum atomic E-state index is 4.38. The van der Waals surface area contributed by atoms with Gasteiger partial charge in [-0.15, -0.1) is 24.0 Å². The van der Waals surface area contributed by atoms with Crippen molar-refractivity contribution in [1.82, 2.24) is 15.6 Å². The molecule has 0 radical (unpaired) electrons. The van der Waals surface area contributed by atoms with E-state index in [1.807, 2.05) is 30.5 Å². The average molecular weight is 489 g/mol. The lowest BCUT2D eigenvalue weighted by Gasteiger charge is -2.19. The third-order valence-corrected chi connectivity index (χ3v) is 4.21. The van der Waals surface area contributed by atoms with Crippen molar-refractivity contribution >= 4 is 45.9 Å². The van der Waals surface area contributed by atoms with E-state index in [1.54, 1.807) is 7.05 Å². The molecule has 0 aliphatic carbocycles. The molecule has 0 aliphatic heterocycles. The van der Waals surface area contributed by atoms with Crippen molar-refractivity contribution in [2.45, 2.75) is 26.4 Å². The van der Waals surface area contributed by atoms with Crippen molar-refractivity contribution in [2.75, 3.05) is 7.05 Å². The average Bonchev–Trinajstić information content (AvgIpc) is 2.53. The normalized spacial score (nSPS) is 12.3. The van der Waals surface area contributed by atoms with E-state index in [0.29, 0.717) is 6.54 Å². The van der Waals surface area contributed by atoms with E-state index in [9.17, 15) is 0 Å². The maximum Gasteiger partial charge on any atom is 0.191 e. The summed E-state index contributed by atoms with van der Waals surface area (Å²) in [5.41, 5.74) is 3.39.